The maximum absolute atomic E-state index is 2.38. The molecule has 0 rings (SSSR count). The molecule has 0 aromatic rings. The van der Waals surface area contributed by atoms with Crippen LogP contribution in [0.2, 0.25) is 0 Å². The molecule has 0 aliphatic heterocycles. The summed E-state index contributed by atoms with van der Waals surface area (Å²) in [5.41, 5.74) is 0. The van der Waals surface area contributed by atoms with Gasteiger partial charge in [0.2, 0.25) is 0 Å². The molecule has 0 radical (unpaired) electrons. The second-order valence-electron chi connectivity index (χ2n) is 5.57. The van der Waals surface area contributed by atoms with Crippen LogP contribution < -0.4 is 0 Å². The molecule has 0 fully saturated rings. The Labute approximate surface area is 122 Å². The first-order valence-electron chi connectivity index (χ1n) is 8.71. The van der Waals surface area contributed by atoms with Gasteiger partial charge in [0.05, 0.1) is 0 Å². The third-order valence-corrected chi connectivity index (χ3v) is 3.50. The van der Waals surface area contributed by atoms with E-state index in [1.54, 1.807) is 0 Å². The van der Waals surface area contributed by atoms with Crippen LogP contribution in [0.1, 0.15) is 97.3 Å². The van der Waals surface area contributed by atoms with Gasteiger partial charge < -0.3 is 0 Å². The zero-order valence-electron chi connectivity index (χ0n) is 13.5. The van der Waals surface area contributed by atoms with E-state index in [4.69, 9.17) is 0 Å². The van der Waals surface area contributed by atoms with E-state index in [0.29, 0.717) is 0 Å². The van der Waals surface area contributed by atoms with Crippen molar-refractivity contribution < 1.29 is 0 Å². The third-order valence-electron chi connectivity index (χ3n) is 3.50. The summed E-state index contributed by atoms with van der Waals surface area (Å²) in [5, 5.41) is 0. The molecule has 0 heteroatoms. The van der Waals surface area contributed by atoms with Gasteiger partial charge in [-0.1, -0.05) is 83.1 Å². The van der Waals surface area contributed by atoms with Gasteiger partial charge in [-0.25, -0.2) is 0 Å². The fourth-order valence-electron chi connectivity index (χ4n) is 2.19. The highest BCUT2D eigenvalue weighted by atomic mass is 14.0. The Morgan fingerprint density at radius 2 is 0.842 bits per heavy atom. The minimum atomic E-state index is 1.26. The predicted octanol–water partition coefficient (Wildman–Crippen LogP) is 7.21. The number of rotatable bonds is 14. The highest BCUT2D eigenvalue weighted by Crippen LogP contribution is 2.09. The maximum Gasteiger partial charge on any atom is -0.0351 e. The van der Waals surface area contributed by atoms with Gasteiger partial charge in [0.15, 0.2) is 0 Å². The molecule has 0 atom stereocenters. The van der Waals surface area contributed by atoms with Crippen molar-refractivity contribution in [1.82, 2.24) is 0 Å². The molecule has 0 amide bonds. The highest BCUT2D eigenvalue weighted by molar-refractivity contribution is 4.81. The summed E-state index contributed by atoms with van der Waals surface area (Å²) in [6, 6.07) is 0. The van der Waals surface area contributed by atoms with Crippen molar-refractivity contribution in [2.45, 2.75) is 97.3 Å². The summed E-state index contributed by atoms with van der Waals surface area (Å²) >= 11 is 0. The second-order valence-corrected chi connectivity index (χ2v) is 5.57. The van der Waals surface area contributed by atoms with Crippen LogP contribution in [0.4, 0.5) is 0 Å². The average Bonchev–Trinajstić information content (AvgIpc) is 2.43. The summed E-state index contributed by atoms with van der Waals surface area (Å²) in [6.07, 6.45) is 27.0. The molecule has 0 aliphatic rings. The standard InChI is InChI=1S/C19H36/c1-3-5-7-9-11-13-15-17-19-18-16-14-12-10-8-6-4-2/h7,9-10,12H,3-6,8,11,13-19H2,1-2H3/b9-7-,12-10-. The van der Waals surface area contributed by atoms with E-state index < -0.39 is 0 Å². The number of hydrogen-bond donors (Lipinski definition) is 0. The molecule has 0 nitrogen and oxygen atoms in total. The number of unbranched alkanes of at least 4 members (excludes halogenated alkanes) is 10. The van der Waals surface area contributed by atoms with Crippen LogP contribution in [0, 0.1) is 0 Å². The summed E-state index contributed by atoms with van der Waals surface area (Å²) in [4.78, 5) is 0. The largest absolute Gasteiger partial charge is 0.0885 e. The van der Waals surface area contributed by atoms with Crippen molar-refractivity contribution in [3.63, 3.8) is 0 Å². The Balaban J connectivity index is 3.04. The van der Waals surface area contributed by atoms with Crippen molar-refractivity contribution in [2.24, 2.45) is 0 Å². The lowest BCUT2D eigenvalue weighted by molar-refractivity contribution is 0.599. The number of hydrogen-bond acceptors (Lipinski definition) is 0. The van der Waals surface area contributed by atoms with E-state index in [0.717, 1.165) is 0 Å². The van der Waals surface area contributed by atoms with Gasteiger partial charge in [-0.2, -0.15) is 0 Å². The zero-order chi connectivity index (χ0) is 14.0. The molecule has 0 saturated heterocycles. The SMILES string of the molecule is CCC/C=C\CCCCCCCC/C=C\CCCC. The Hall–Kier alpha value is -0.520. The summed E-state index contributed by atoms with van der Waals surface area (Å²) < 4.78 is 0. The zero-order valence-corrected chi connectivity index (χ0v) is 13.5. The Bertz CT molecular complexity index is 200. The van der Waals surface area contributed by atoms with Gasteiger partial charge >= 0.3 is 0 Å². The van der Waals surface area contributed by atoms with Gasteiger partial charge in [0, 0.05) is 0 Å². The van der Waals surface area contributed by atoms with E-state index in [1.807, 2.05) is 0 Å². The van der Waals surface area contributed by atoms with Crippen LogP contribution >= 0.6 is 0 Å². The van der Waals surface area contributed by atoms with Gasteiger partial charge in [-0.3, -0.25) is 0 Å². The average molecular weight is 264 g/mol. The van der Waals surface area contributed by atoms with E-state index >= 15 is 0 Å². The van der Waals surface area contributed by atoms with Crippen molar-refractivity contribution in [1.29, 1.82) is 0 Å². The normalized spacial score (nSPS) is 11.9. The van der Waals surface area contributed by atoms with Crippen molar-refractivity contribution in [3.8, 4) is 0 Å². The first-order chi connectivity index (χ1) is 9.41. The minimum absolute atomic E-state index is 1.26. The smallest absolute Gasteiger partial charge is 0.0351 e. The fraction of sp³-hybridized carbons (Fsp3) is 0.789. The van der Waals surface area contributed by atoms with Crippen LogP contribution in [-0.4, -0.2) is 0 Å². The molecule has 0 spiro atoms. The second kappa shape index (κ2) is 17.5. The van der Waals surface area contributed by atoms with Crippen molar-refractivity contribution in [2.75, 3.05) is 0 Å². The lowest BCUT2D eigenvalue weighted by Crippen LogP contribution is -1.79. The molecule has 0 aromatic carbocycles. The number of allylic oxidation sites excluding steroid dienone is 4. The van der Waals surface area contributed by atoms with Gasteiger partial charge in [-0.15, -0.1) is 0 Å². The van der Waals surface area contributed by atoms with Gasteiger partial charge in [0.25, 0.3) is 0 Å². The predicted molar refractivity (Wildman–Crippen MR) is 89.6 cm³/mol. The van der Waals surface area contributed by atoms with Gasteiger partial charge in [0.1, 0.15) is 0 Å². The molecular formula is C19H36. The maximum atomic E-state index is 2.38. The third kappa shape index (κ3) is 17.5. The molecule has 0 aromatic heterocycles. The van der Waals surface area contributed by atoms with E-state index in [1.165, 1.54) is 83.5 Å². The van der Waals surface area contributed by atoms with E-state index in [-0.39, 0.29) is 0 Å². The lowest BCUT2D eigenvalue weighted by Gasteiger charge is -1.99. The molecule has 0 heterocycles. The van der Waals surface area contributed by atoms with Crippen molar-refractivity contribution >= 4 is 0 Å². The molecule has 0 unspecified atom stereocenters. The quantitative estimate of drug-likeness (QED) is 0.230. The first-order valence-corrected chi connectivity index (χ1v) is 8.71. The topological polar surface area (TPSA) is 0 Å². The van der Waals surface area contributed by atoms with Crippen LogP contribution in [-0.2, 0) is 0 Å². The van der Waals surface area contributed by atoms with Gasteiger partial charge in [-0.05, 0) is 38.5 Å². The van der Waals surface area contributed by atoms with Crippen LogP contribution in [0.15, 0.2) is 24.3 Å². The highest BCUT2D eigenvalue weighted by Gasteiger charge is 1.90. The van der Waals surface area contributed by atoms with E-state index in [9.17, 15) is 0 Å². The molecule has 112 valence electrons. The van der Waals surface area contributed by atoms with Crippen molar-refractivity contribution in [3.05, 3.63) is 24.3 Å². The molecule has 0 N–H and O–H groups in total. The summed E-state index contributed by atoms with van der Waals surface area (Å²) in [6.45, 7) is 4.50. The fourth-order valence-corrected chi connectivity index (χ4v) is 2.19. The Kier molecular flexibility index (Phi) is 17.0. The van der Waals surface area contributed by atoms with Crippen LogP contribution in [0.25, 0.3) is 0 Å². The van der Waals surface area contributed by atoms with E-state index in [2.05, 4.69) is 38.2 Å². The summed E-state index contributed by atoms with van der Waals surface area (Å²) in [7, 11) is 0. The lowest BCUT2D eigenvalue weighted by atomic mass is 10.1. The Morgan fingerprint density at radius 1 is 0.421 bits per heavy atom. The first kappa shape index (κ1) is 18.5. The molecule has 0 aliphatic carbocycles. The van der Waals surface area contributed by atoms with Crippen LogP contribution in [0.5, 0.6) is 0 Å². The molecule has 19 heavy (non-hydrogen) atoms. The minimum Gasteiger partial charge on any atom is -0.0885 e. The summed E-state index contributed by atoms with van der Waals surface area (Å²) in [5.74, 6) is 0. The monoisotopic (exact) mass is 264 g/mol. The molecule has 0 bridgehead atoms. The molecule has 0 saturated carbocycles. The van der Waals surface area contributed by atoms with Crippen LogP contribution in [0.3, 0.4) is 0 Å². The Morgan fingerprint density at radius 3 is 1.32 bits per heavy atom. The molecular weight excluding hydrogens is 228 g/mol.